The maximum Gasteiger partial charge on any atom is 0.124 e. The monoisotopic (exact) mass is 345 g/mol. The minimum atomic E-state index is -0.0653. The number of ether oxygens (including phenoxy) is 1. The van der Waals surface area contributed by atoms with Crippen LogP contribution in [0.25, 0.3) is 0 Å². The van der Waals surface area contributed by atoms with Crippen LogP contribution >= 0.6 is 38.9 Å². The van der Waals surface area contributed by atoms with Crippen molar-refractivity contribution in [3.05, 3.63) is 49.6 Å². The van der Waals surface area contributed by atoms with Gasteiger partial charge in [0.1, 0.15) is 12.4 Å². The fraction of sp³-hybridized carbons (Fsp3) is 0.231. The highest BCUT2D eigenvalue weighted by Crippen LogP contribution is 2.29. The average Bonchev–Trinajstić information content (AvgIpc) is 2.73. The molecule has 2 N–H and O–H groups in total. The fourth-order valence-corrected chi connectivity index (χ4v) is 2.96. The molecule has 0 unspecified atom stereocenters. The minimum absolute atomic E-state index is 0.0653. The van der Waals surface area contributed by atoms with E-state index in [1.165, 1.54) is 11.3 Å². The zero-order valence-electron chi connectivity index (χ0n) is 9.82. The molecule has 0 bridgehead atoms. The highest BCUT2D eigenvalue weighted by atomic mass is 79.9. The highest BCUT2D eigenvalue weighted by molar-refractivity contribution is 9.10. The summed E-state index contributed by atoms with van der Waals surface area (Å²) in [5.41, 5.74) is 6.93. The third-order valence-corrected chi connectivity index (χ3v) is 4.16. The molecule has 0 amide bonds. The van der Waals surface area contributed by atoms with E-state index in [0.717, 1.165) is 25.0 Å². The first-order valence-electron chi connectivity index (χ1n) is 5.48. The van der Waals surface area contributed by atoms with Crippen LogP contribution in [0.4, 0.5) is 0 Å². The molecule has 1 heterocycles. The van der Waals surface area contributed by atoms with Crippen LogP contribution in [0.2, 0.25) is 4.34 Å². The largest absolute Gasteiger partial charge is 0.488 e. The third-order valence-electron chi connectivity index (χ3n) is 2.46. The first kappa shape index (κ1) is 13.9. The van der Waals surface area contributed by atoms with E-state index in [4.69, 9.17) is 22.1 Å². The van der Waals surface area contributed by atoms with E-state index in [-0.39, 0.29) is 6.04 Å². The Kier molecular flexibility index (Phi) is 4.67. The van der Waals surface area contributed by atoms with Gasteiger partial charge in [-0.1, -0.05) is 27.5 Å². The fourth-order valence-electron chi connectivity index (χ4n) is 1.58. The van der Waals surface area contributed by atoms with Crippen LogP contribution in [0.1, 0.15) is 23.4 Å². The summed E-state index contributed by atoms with van der Waals surface area (Å²) in [7, 11) is 0. The number of halogens is 2. The van der Waals surface area contributed by atoms with E-state index in [1.54, 1.807) is 0 Å². The van der Waals surface area contributed by atoms with Crippen LogP contribution in [0.15, 0.2) is 34.8 Å². The first-order valence-corrected chi connectivity index (χ1v) is 7.47. The van der Waals surface area contributed by atoms with Gasteiger partial charge in [-0.25, -0.2) is 0 Å². The van der Waals surface area contributed by atoms with Crippen LogP contribution in [0.5, 0.6) is 5.75 Å². The van der Waals surface area contributed by atoms with Crippen LogP contribution in [-0.2, 0) is 6.61 Å². The Labute approximate surface area is 124 Å². The van der Waals surface area contributed by atoms with Crippen molar-refractivity contribution in [3.63, 3.8) is 0 Å². The quantitative estimate of drug-likeness (QED) is 0.866. The Balaban J connectivity index is 2.13. The van der Waals surface area contributed by atoms with Gasteiger partial charge in [0.05, 0.1) is 4.34 Å². The second-order valence-electron chi connectivity index (χ2n) is 3.97. The Morgan fingerprint density at radius 1 is 1.39 bits per heavy atom. The van der Waals surface area contributed by atoms with Crippen molar-refractivity contribution in [1.82, 2.24) is 0 Å². The number of thiophene rings is 1. The number of rotatable bonds is 4. The molecule has 0 fully saturated rings. The van der Waals surface area contributed by atoms with Crippen molar-refractivity contribution >= 4 is 38.9 Å². The zero-order chi connectivity index (χ0) is 13.1. The molecule has 1 aromatic carbocycles. The van der Waals surface area contributed by atoms with Gasteiger partial charge >= 0.3 is 0 Å². The molecule has 0 spiro atoms. The molecule has 0 saturated carbocycles. The van der Waals surface area contributed by atoms with Crippen molar-refractivity contribution < 1.29 is 4.74 Å². The molecule has 0 aliphatic carbocycles. The second kappa shape index (κ2) is 6.06. The third kappa shape index (κ3) is 3.48. The van der Waals surface area contributed by atoms with Gasteiger partial charge < -0.3 is 10.5 Å². The molecule has 1 aromatic heterocycles. The maximum absolute atomic E-state index is 5.94. The van der Waals surface area contributed by atoms with Gasteiger partial charge in [-0.2, -0.15) is 0 Å². The number of hydrogen-bond acceptors (Lipinski definition) is 3. The Bertz CT molecular complexity index is 542. The van der Waals surface area contributed by atoms with Crippen LogP contribution in [-0.4, -0.2) is 0 Å². The van der Waals surface area contributed by atoms with E-state index >= 15 is 0 Å². The summed E-state index contributed by atoms with van der Waals surface area (Å²) < 4.78 is 7.58. The molecule has 0 radical (unpaired) electrons. The van der Waals surface area contributed by atoms with Gasteiger partial charge in [0.2, 0.25) is 0 Å². The topological polar surface area (TPSA) is 35.2 Å². The summed E-state index contributed by atoms with van der Waals surface area (Å²) >= 11 is 10.8. The summed E-state index contributed by atoms with van der Waals surface area (Å²) in [6, 6.07) is 9.64. The zero-order valence-corrected chi connectivity index (χ0v) is 13.0. The van der Waals surface area contributed by atoms with E-state index in [0.29, 0.717) is 6.61 Å². The maximum atomic E-state index is 5.94. The van der Waals surface area contributed by atoms with Crippen molar-refractivity contribution in [3.8, 4) is 5.75 Å². The van der Waals surface area contributed by atoms with Gasteiger partial charge in [-0.3, -0.25) is 0 Å². The predicted molar refractivity (Wildman–Crippen MR) is 80.4 cm³/mol. The molecular weight excluding hydrogens is 334 g/mol. The molecular formula is C13H13BrClNOS. The Morgan fingerprint density at radius 2 is 2.17 bits per heavy atom. The minimum Gasteiger partial charge on any atom is -0.488 e. The summed E-state index contributed by atoms with van der Waals surface area (Å²) in [6.45, 7) is 2.45. The molecule has 2 nitrogen and oxygen atoms in total. The highest BCUT2D eigenvalue weighted by Gasteiger charge is 2.09. The molecule has 96 valence electrons. The number of nitrogens with two attached hydrogens (primary N) is 1. The SMILES string of the molecule is C[C@@H](N)c1cc(Br)ccc1OCc1ccc(Cl)s1. The van der Waals surface area contributed by atoms with Gasteiger partial charge in [0, 0.05) is 21.0 Å². The molecule has 5 heteroatoms. The van der Waals surface area contributed by atoms with Crippen LogP contribution in [0, 0.1) is 0 Å². The molecule has 0 saturated heterocycles. The van der Waals surface area contributed by atoms with Gasteiger partial charge in [0.25, 0.3) is 0 Å². The molecule has 18 heavy (non-hydrogen) atoms. The number of benzene rings is 1. The average molecular weight is 347 g/mol. The van der Waals surface area contributed by atoms with E-state index < -0.39 is 0 Å². The summed E-state index contributed by atoms with van der Waals surface area (Å²) in [5.74, 6) is 0.817. The Hall–Kier alpha value is -0.550. The van der Waals surface area contributed by atoms with E-state index in [9.17, 15) is 0 Å². The number of hydrogen-bond donors (Lipinski definition) is 1. The lowest BCUT2D eigenvalue weighted by molar-refractivity contribution is 0.305. The molecule has 2 rings (SSSR count). The predicted octanol–water partition coefficient (Wildman–Crippen LogP) is 4.76. The second-order valence-corrected chi connectivity index (χ2v) is 6.68. The van der Waals surface area contributed by atoms with Gasteiger partial charge in [0.15, 0.2) is 0 Å². The molecule has 2 aromatic rings. The van der Waals surface area contributed by atoms with Crippen molar-refractivity contribution in [1.29, 1.82) is 0 Å². The normalized spacial score (nSPS) is 12.4. The van der Waals surface area contributed by atoms with Crippen molar-refractivity contribution in [2.75, 3.05) is 0 Å². The van der Waals surface area contributed by atoms with Crippen molar-refractivity contribution in [2.24, 2.45) is 5.73 Å². The summed E-state index contributed by atoms with van der Waals surface area (Å²) in [6.07, 6.45) is 0. The van der Waals surface area contributed by atoms with E-state index in [2.05, 4.69) is 15.9 Å². The van der Waals surface area contributed by atoms with Crippen LogP contribution < -0.4 is 10.5 Å². The first-order chi connectivity index (χ1) is 8.56. The smallest absolute Gasteiger partial charge is 0.124 e. The lowest BCUT2D eigenvalue weighted by Crippen LogP contribution is -2.08. The summed E-state index contributed by atoms with van der Waals surface area (Å²) in [5, 5.41) is 0. The lowest BCUT2D eigenvalue weighted by atomic mass is 10.1. The Morgan fingerprint density at radius 3 is 2.78 bits per heavy atom. The van der Waals surface area contributed by atoms with Crippen molar-refractivity contribution in [2.45, 2.75) is 19.6 Å². The summed E-state index contributed by atoms with van der Waals surface area (Å²) in [4.78, 5) is 1.10. The standard InChI is InChI=1S/C13H13BrClNOS/c1-8(16)11-6-9(14)2-4-12(11)17-7-10-3-5-13(15)18-10/h2-6,8H,7,16H2,1H3/t8-/m1/s1. The molecule has 0 aliphatic heterocycles. The van der Waals surface area contributed by atoms with Gasteiger partial charge in [-0.05, 0) is 37.3 Å². The van der Waals surface area contributed by atoms with Gasteiger partial charge in [-0.15, -0.1) is 11.3 Å². The molecule has 0 aliphatic rings. The van der Waals surface area contributed by atoms with Crippen LogP contribution in [0.3, 0.4) is 0 Å². The van der Waals surface area contributed by atoms with E-state index in [1.807, 2.05) is 37.3 Å². The lowest BCUT2D eigenvalue weighted by Gasteiger charge is -2.14. The molecule has 1 atom stereocenters.